The van der Waals surface area contributed by atoms with Crippen LogP contribution < -0.4 is 4.72 Å². The monoisotopic (exact) mass is 369 g/mol. The fourth-order valence-electron chi connectivity index (χ4n) is 2.70. The van der Waals surface area contributed by atoms with Gasteiger partial charge in [0, 0.05) is 19.7 Å². The number of nitrogens with one attached hydrogen (secondary N) is 1. The minimum atomic E-state index is -3.79. The molecule has 0 aliphatic heterocycles. The Morgan fingerprint density at radius 2 is 1.68 bits per heavy atom. The highest BCUT2D eigenvalue weighted by Gasteiger charge is 2.31. The Morgan fingerprint density at radius 1 is 1.08 bits per heavy atom. The van der Waals surface area contributed by atoms with Crippen molar-refractivity contribution in [3.8, 4) is 0 Å². The number of sulfonamides is 1. The first-order chi connectivity index (χ1) is 11.8. The quantitative estimate of drug-likeness (QED) is 0.776. The van der Waals surface area contributed by atoms with Gasteiger partial charge >= 0.3 is 0 Å². The minimum absolute atomic E-state index is 0.0180. The van der Waals surface area contributed by atoms with Crippen LogP contribution in [0.4, 0.5) is 8.78 Å². The second kappa shape index (κ2) is 8.03. The molecule has 136 valence electrons. The lowest BCUT2D eigenvalue weighted by atomic mass is 9.91. The van der Waals surface area contributed by atoms with E-state index in [1.54, 1.807) is 0 Å². The van der Waals surface area contributed by atoms with Crippen LogP contribution in [0.25, 0.3) is 0 Å². The molecule has 1 unspecified atom stereocenters. The molecule has 0 saturated carbocycles. The Bertz CT molecular complexity index is 786. The van der Waals surface area contributed by atoms with Crippen molar-refractivity contribution in [2.24, 2.45) is 0 Å². The Labute approximate surface area is 146 Å². The van der Waals surface area contributed by atoms with Gasteiger partial charge in [0.05, 0.1) is 5.75 Å². The number of hydrogen-bond acceptors (Lipinski definition) is 3. The third kappa shape index (κ3) is 5.07. The first-order valence-electron chi connectivity index (χ1n) is 7.83. The van der Waals surface area contributed by atoms with E-state index in [1.165, 1.54) is 7.11 Å². The van der Waals surface area contributed by atoms with Crippen molar-refractivity contribution in [3.05, 3.63) is 71.3 Å². The Morgan fingerprint density at radius 3 is 2.20 bits per heavy atom. The van der Waals surface area contributed by atoms with Crippen molar-refractivity contribution in [2.45, 2.75) is 24.7 Å². The van der Waals surface area contributed by atoms with Crippen LogP contribution in [0.2, 0.25) is 0 Å². The molecule has 1 N–H and O–H groups in total. The van der Waals surface area contributed by atoms with Gasteiger partial charge in [-0.05, 0) is 29.7 Å². The molecule has 0 saturated heterocycles. The average Bonchev–Trinajstić information content (AvgIpc) is 2.56. The van der Waals surface area contributed by atoms with E-state index in [9.17, 15) is 17.2 Å². The summed E-state index contributed by atoms with van der Waals surface area (Å²) in [6, 6.07) is 12.0. The molecule has 0 fully saturated rings. The van der Waals surface area contributed by atoms with Crippen molar-refractivity contribution < 1.29 is 21.9 Å². The molecule has 1 atom stereocenters. The lowest BCUT2D eigenvalue weighted by molar-refractivity contribution is -0.0133. The zero-order valence-electron chi connectivity index (χ0n) is 14.1. The Hall–Kier alpha value is -1.83. The average molecular weight is 369 g/mol. The Kier molecular flexibility index (Phi) is 6.26. The number of rotatable bonds is 8. The molecule has 7 heteroatoms. The van der Waals surface area contributed by atoms with Gasteiger partial charge in [-0.2, -0.15) is 0 Å². The van der Waals surface area contributed by atoms with Gasteiger partial charge < -0.3 is 4.74 Å². The summed E-state index contributed by atoms with van der Waals surface area (Å²) in [7, 11) is -2.27. The highest BCUT2D eigenvalue weighted by atomic mass is 32.2. The van der Waals surface area contributed by atoms with E-state index < -0.39 is 33.0 Å². The van der Waals surface area contributed by atoms with Crippen LogP contribution in [-0.4, -0.2) is 22.1 Å². The van der Waals surface area contributed by atoms with E-state index in [1.807, 2.05) is 37.3 Å². The van der Waals surface area contributed by atoms with Crippen molar-refractivity contribution in [1.29, 1.82) is 0 Å². The van der Waals surface area contributed by atoms with Gasteiger partial charge in [-0.15, -0.1) is 0 Å². The molecule has 0 aromatic heterocycles. The van der Waals surface area contributed by atoms with Crippen molar-refractivity contribution in [3.63, 3.8) is 0 Å². The van der Waals surface area contributed by atoms with E-state index in [0.29, 0.717) is 12.5 Å². The molecule has 0 aliphatic rings. The molecule has 0 radical (unpaired) electrons. The first kappa shape index (κ1) is 19.5. The van der Waals surface area contributed by atoms with Crippen molar-refractivity contribution >= 4 is 10.0 Å². The SMILES string of the molecule is CCC(CNS(=O)(=O)Cc1cc(F)cc(F)c1)(OC)c1ccccc1. The van der Waals surface area contributed by atoms with Crippen LogP contribution >= 0.6 is 0 Å². The maximum atomic E-state index is 13.2. The van der Waals surface area contributed by atoms with E-state index in [2.05, 4.69) is 4.72 Å². The number of hydrogen-bond donors (Lipinski definition) is 1. The molecule has 4 nitrogen and oxygen atoms in total. The number of halogens is 2. The van der Waals surface area contributed by atoms with Crippen molar-refractivity contribution in [2.75, 3.05) is 13.7 Å². The fraction of sp³-hybridized carbons (Fsp3) is 0.333. The van der Waals surface area contributed by atoms with Crippen LogP contribution in [0.3, 0.4) is 0 Å². The third-order valence-corrected chi connectivity index (χ3v) is 5.42. The van der Waals surface area contributed by atoms with E-state index in [-0.39, 0.29) is 12.1 Å². The summed E-state index contributed by atoms with van der Waals surface area (Å²) in [6.45, 7) is 1.91. The molecule has 2 aromatic carbocycles. The maximum Gasteiger partial charge on any atom is 0.215 e. The molecular formula is C18H21F2NO3S. The van der Waals surface area contributed by atoms with Crippen LogP contribution in [0, 0.1) is 11.6 Å². The number of benzene rings is 2. The molecule has 2 rings (SSSR count). The van der Waals surface area contributed by atoms with Gasteiger partial charge in [-0.25, -0.2) is 21.9 Å². The molecular weight excluding hydrogens is 348 g/mol. The predicted molar refractivity (Wildman–Crippen MR) is 92.4 cm³/mol. The fourth-order valence-corrected chi connectivity index (χ4v) is 3.86. The molecule has 0 aliphatic carbocycles. The predicted octanol–water partition coefficient (Wildman–Crippen LogP) is 3.34. The van der Waals surface area contributed by atoms with Gasteiger partial charge in [-0.3, -0.25) is 0 Å². The summed E-state index contributed by atoms with van der Waals surface area (Å²) in [6.07, 6.45) is 0.546. The van der Waals surface area contributed by atoms with Gasteiger partial charge in [0.2, 0.25) is 10.0 Å². The number of ether oxygens (including phenoxy) is 1. The minimum Gasteiger partial charge on any atom is -0.372 e. The van der Waals surface area contributed by atoms with E-state index in [4.69, 9.17) is 4.74 Å². The van der Waals surface area contributed by atoms with Crippen LogP contribution in [0.15, 0.2) is 48.5 Å². The molecule has 25 heavy (non-hydrogen) atoms. The van der Waals surface area contributed by atoms with E-state index in [0.717, 1.165) is 17.7 Å². The highest BCUT2D eigenvalue weighted by Crippen LogP contribution is 2.28. The molecule has 0 spiro atoms. The molecule has 0 bridgehead atoms. The lowest BCUT2D eigenvalue weighted by Crippen LogP contribution is -2.42. The number of methoxy groups -OCH3 is 1. The first-order valence-corrected chi connectivity index (χ1v) is 9.48. The standard InChI is InChI=1S/C18H21F2NO3S/c1-3-18(24-2,15-7-5-4-6-8-15)13-21-25(22,23)12-14-9-16(19)11-17(20)10-14/h4-11,21H,3,12-13H2,1-2H3. The summed E-state index contributed by atoms with van der Waals surface area (Å²) < 4.78 is 59.2. The second-order valence-electron chi connectivity index (χ2n) is 5.78. The lowest BCUT2D eigenvalue weighted by Gasteiger charge is -2.32. The van der Waals surface area contributed by atoms with Gasteiger partial charge in [0.25, 0.3) is 0 Å². The normalized spacial score (nSPS) is 14.2. The maximum absolute atomic E-state index is 13.2. The summed E-state index contributed by atoms with van der Waals surface area (Å²) in [5, 5.41) is 0. The van der Waals surface area contributed by atoms with Gasteiger partial charge in [0.1, 0.15) is 17.2 Å². The third-order valence-electron chi connectivity index (χ3n) is 4.12. The smallest absolute Gasteiger partial charge is 0.215 e. The summed E-state index contributed by atoms with van der Waals surface area (Å²) in [4.78, 5) is 0. The topological polar surface area (TPSA) is 55.4 Å². The Balaban J connectivity index is 2.16. The molecule has 2 aromatic rings. The van der Waals surface area contributed by atoms with Crippen LogP contribution in [-0.2, 0) is 26.1 Å². The van der Waals surface area contributed by atoms with Gasteiger partial charge in [-0.1, -0.05) is 37.3 Å². The van der Waals surface area contributed by atoms with Gasteiger partial charge in [0.15, 0.2) is 0 Å². The molecule has 0 amide bonds. The summed E-state index contributed by atoms with van der Waals surface area (Å²) in [5.41, 5.74) is 0.0744. The van der Waals surface area contributed by atoms with E-state index >= 15 is 0 Å². The second-order valence-corrected chi connectivity index (χ2v) is 7.58. The van der Waals surface area contributed by atoms with Crippen LogP contribution in [0.1, 0.15) is 24.5 Å². The van der Waals surface area contributed by atoms with Crippen LogP contribution in [0.5, 0.6) is 0 Å². The zero-order chi connectivity index (χ0) is 18.5. The highest BCUT2D eigenvalue weighted by molar-refractivity contribution is 7.88. The largest absolute Gasteiger partial charge is 0.372 e. The summed E-state index contributed by atoms with van der Waals surface area (Å²) >= 11 is 0. The van der Waals surface area contributed by atoms with Crippen molar-refractivity contribution in [1.82, 2.24) is 4.72 Å². The molecule has 0 heterocycles. The zero-order valence-corrected chi connectivity index (χ0v) is 14.9. The summed E-state index contributed by atoms with van der Waals surface area (Å²) in [5.74, 6) is -2.14.